The first-order valence-corrected chi connectivity index (χ1v) is 16.6. The fourth-order valence-electron chi connectivity index (χ4n) is 5.27. The second-order valence-corrected chi connectivity index (χ2v) is 13.3. The number of thiazole rings is 1. The Balaban J connectivity index is 1.35. The fraction of sp³-hybridized carbons (Fsp3) is 0.297. The van der Waals surface area contributed by atoms with Crippen LogP contribution in [0.25, 0.3) is 11.1 Å². The number of carbonyl (C=O) groups excluding carboxylic acids is 2. The van der Waals surface area contributed by atoms with E-state index in [4.69, 9.17) is 4.42 Å². The van der Waals surface area contributed by atoms with Gasteiger partial charge in [-0.2, -0.15) is 0 Å². The molecule has 0 fully saturated rings. The van der Waals surface area contributed by atoms with Crippen molar-refractivity contribution < 1.29 is 23.5 Å². The lowest BCUT2D eigenvalue weighted by atomic mass is 9.98. The molecule has 3 N–H and O–H groups in total. The molecule has 2 amide bonds. The quantitative estimate of drug-likeness (QED) is 0.131. The number of nitrogens with one attached hydrogen (secondary N) is 2. The summed E-state index contributed by atoms with van der Waals surface area (Å²) in [6, 6.07) is 17.4. The van der Waals surface area contributed by atoms with Gasteiger partial charge in [-0.05, 0) is 74.2 Å². The number of hydrogen-bond donors (Lipinski definition) is 3. The average Bonchev–Trinajstić information content (AvgIpc) is 3.76. The molecular weight excluding hydrogens is 630 g/mol. The minimum Gasteiger partial charge on any atom is -0.472 e. The van der Waals surface area contributed by atoms with E-state index in [0.29, 0.717) is 36.2 Å². The molecule has 0 bridgehead atoms. The summed E-state index contributed by atoms with van der Waals surface area (Å²) in [4.78, 5) is 37.7. The van der Waals surface area contributed by atoms with Crippen molar-refractivity contribution >= 4 is 23.2 Å². The number of alkyl halides is 1. The van der Waals surface area contributed by atoms with E-state index in [1.165, 1.54) is 37.6 Å². The highest BCUT2D eigenvalue weighted by Gasteiger charge is 2.25. The summed E-state index contributed by atoms with van der Waals surface area (Å²) >= 11 is 1.49. The highest BCUT2D eigenvalue weighted by atomic mass is 32.1. The van der Waals surface area contributed by atoms with Crippen LogP contribution in [0.2, 0.25) is 0 Å². The van der Waals surface area contributed by atoms with Gasteiger partial charge in [-0.1, -0.05) is 30.3 Å². The Morgan fingerprint density at radius 3 is 2.50 bits per heavy atom. The molecule has 0 saturated carbocycles. The summed E-state index contributed by atoms with van der Waals surface area (Å²) in [5.41, 5.74) is 3.52. The number of benzene rings is 2. The molecule has 0 aliphatic heterocycles. The Kier molecular flexibility index (Phi) is 11.2. The first-order chi connectivity index (χ1) is 23.0. The summed E-state index contributed by atoms with van der Waals surface area (Å²) in [5.74, 6) is -0.698. The molecular formula is C37H40FN5O4S. The minimum absolute atomic E-state index is 0.154. The van der Waals surface area contributed by atoms with Crippen LogP contribution in [0.15, 0.2) is 95.4 Å². The Morgan fingerprint density at radius 1 is 1.04 bits per heavy atom. The molecule has 9 nitrogen and oxygen atoms in total. The van der Waals surface area contributed by atoms with Gasteiger partial charge in [0.05, 0.1) is 31.2 Å². The maximum Gasteiger partial charge on any atom is 0.254 e. The molecule has 0 spiro atoms. The van der Waals surface area contributed by atoms with Crippen molar-refractivity contribution in [3.05, 3.63) is 129 Å². The van der Waals surface area contributed by atoms with Gasteiger partial charge >= 0.3 is 0 Å². The van der Waals surface area contributed by atoms with Gasteiger partial charge in [0.2, 0.25) is 0 Å². The lowest BCUT2D eigenvalue weighted by molar-refractivity contribution is 0.0784. The molecule has 11 heteroatoms. The second-order valence-electron chi connectivity index (χ2n) is 12.4. The molecule has 0 radical (unpaired) electrons. The third kappa shape index (κ3) is 9.21. The normalized spacial score (nSPS) is 12.8. The molecule has 0 aliphatic rings. The molecule has 3 aromatic heterocycles. The molecule has 0 unspecified atom stereocenters. The van der Waals surface area contributed by atoms with Gasteiger partial charge in [0.1, 0.15) is 10.7 Å². The van der Waals surface area contributed by atoms with Crippen molar-refractivity contribution in [3.8, 4) is 11.1 Å². The summed E-state index contributed by atoms with van der Waals surface area (Å²) < 4.78 is 19.7. The van der Waals surface area contributed by atoms with Crippen LogP contribution in [0.5, 0.6) is 0 Å². The van der Waals surface area contributed by atoms with Gasteiger partial charge < -0.3 is 25.1 Å². The van der Waals surface area contributed by atoms with Crippen LogP contribution in [0.4, 0.5) is 4.39 Å². The molecule has 48 heavy (non-hydrogen) atoms. The van der Waals surface area contributed by atoms with E-state index in [9.17, 15) is 19.1 Å². The lowest BCUT2D eigenvalue weighted by Gasteiger charge is -2.25. The van der Waals surface area contributed by atoms with Crippen molar-refractivity contribution in [2.24, 2.45) is 0 Å². The first-order valence-electron chi connectivity index (χ1n) is 15.7. The summed E-state index contributed by atoms with van der Waals surface area (Å²) in [7, 11) is 1.70. The first kappa shape index (κ1) is 34.6. The van der Waals surface area contributed by atoms with Gasteiger partial charge in [0, 0.05) is 65.9 Å². The Bertz CT molecular complexity index is 1820. The van der Waals surface area contributed by atoms with Crippen molar-refractivity contribution in [1.82, 2.24) is 25.5 Å². The third-order valence-electron chi connectivity index (χ3n) is 7.93. The number of aryl methyl sites for hydroxylation is 1. The lowest BCUT2D eigenvalue weighted by Crippen LogP contribution is -2.48. The number of halogens is 1. The van der Waals surface area contributed by atoms with Crippen LogP contribution >= 0.6 is 11.3 Å². The molecule has 0 saturated heterocycles. The van der Waals surface area contributed by atoms with E-state index < -0.39 is 23.7 Å². The molecule has 2 atom stereocenters. The largest absolute Gasteiger partial charge is 0.472 e. The van der Waals surface area contributed by atoms with Gasteiger partial charge in [-0.3, -0.25) is 14.6 Å². The number of pyridine rings is 1. The molecule has 5 rings (SSSR count). The zero-order valence-corrected chi connectivity index (χ0v) is 28.3. The third-order valence-corrected chi connectivity index (χ3v) is 8.88. The zero-order chi connectivity index (χ0) is 34.3. The SMILES string of the molecule is Cc1csc(CN(C)C(=O)c2cc(C(=O)N[C@@H](Cc3ccccc3)[C@H](O)CNCc3cncc(C(C)(C)F)c3)cc(-c3ccoc3)c2)n1. The van der Waals surface area contributed by atoms with Gasteiger partial charge in [0.15, 0.2) is 0 Å². The summed E-state index contributed by atoms with van der Waals surface area (Å²) in [5, 5.41) is 20.3. The predicted octanol–water partition coefficient (Wildman–Crippen LogP) is 6.08. The summed E-state index contributed by atoms with van der Waals surface area (Å²) in [6.07, 6.45) is 5.63. The van der Waals surface area contributed by atoms with E-state index in [2.05, 4.69) is 20.6 Å². The number of furan rings is 1. The van der Waals surface area contributed by atoms with Crippen LogP contribution in [-0.2, 0) is 25.2 Å². The Morgan fingerprint density at radius 2 is 1.81 bits per heavy atom. The molecule has 250 valence electrons. The number of aliphatic hydroxyl groups is 1. The number of carbonyl (C=O) groups is 2. The number of aliphatic hydroxyl groups excluding tert-OH is 1. The van der Waals surface area contributed by atoms with Crippen LogP contribution < -0.4 is 10.6 Å². The zero-order valence-electron chi connectivity index (χ0n) is 27.4. The predicted molar refractivity (Wildman–Crippen MR) is 184 cm³/mol. The average molecular weight is 670 g/mol. The van der Waals surface area contributed by atoms with Crippen LogP contribution in [-0.4, -0.2) is 57.5 Å². The molecule has 0 aliphatic carbocycles. The molecule has 2 aromatic carbocycles. The highest BCUT2D eigenvalue weighted by molar-refractivity contribution is 7.09. The minimum atomic E-state index is -1.52. The molecule has 3 heterocycles. The van der Waals surface area contributed by atoms with E-state index >= 15 is 0 Å². The number of nitrogens with zero attached hydrogens (tertiary/aromatic N) is 3. The Labute approximate surface area is 283 Å². The fourth-order valence-corrected chi connectivity index (χ4v) is 6.09. The van der Waals surface area contributed by atoms with Gasteiger partial charge in [0.25, 0.3) is 11.8 Å². The van der Waals surface area contributed by atoms with Crippen LogP contribution in [0.1, 0.15) is 62.0 Å². The Hall–Kier alpha value is -4.71. The van der Waals surface area contributed by atoms with Crippen molar-refractivity contribution in [2.45, 2.75) is 58.1 Å². The van der Waals surface area contributed by atoms with Crippen molar-refractivity contribution in [1.29, 1.82) is 0 Å². The van der Waals surface area contributed by atoms with Gasteiger partial charge in [-0.25, -0.2) is 9.37 Å². The topological polar surface area (TPSA) is 121 Å². The van der Waals surface area contributed by atoms with Crippen molar-refractivity contribution in [2.75, 3.05) is 13.6 Å². The van der Waals surface area contributed by atoms with Crippen LogP contribution in [0, 0.1) is 6.92 Å². The number of rotatable bonds is 14. The maximum absolute atomic E-state index is 14.5. The van der Waals surface area contributed by atoms with E-state index in [1.807, 2.05) is 42.6 Å². The van der Waals surface area contributed by atoms with Crippen LogP contribution in [0.3, 0.4) is 0 Å². The smallest absolute Gasteiger partial charge is 0.254 e. The number of aromatic nitrogens is 2. The number of hydrogen-bond acceptors (Lipinski definition) is 8. The standard InChI is InChI=1S/C37H40FN5O4S/c1-24-23-48-34(41-24)21-43(4)36(46)30-15-28(27-10-11-47-22-27)14-29(16-30)35(45)42-32(13-25-8-6-5-7-9-25)33(44)20-40-18-26-12-31(19-39-17-26)37(2,3)38/h5-12,14-17,19,22-23,32-33,40,44H,13,18,20-21H2,1-4H3,(H,42,45)/t32-,33+/m0/s1. The second kappa shape index (κ2) is 15.5. The van der Waals surface area contributed by atoms with E-state index in [0.717, 1.165) is 27.4 Å². The molecule has 5 aromatic rings. The summed E-state index contributed by atoms with van der Waals surface area (Å²) in [6.45, 7) is 5.70. The van der Waals surface area contributed by atoms with E-state index in [-0.39, 0.29) is 18.0 Å². The number of amides is 2. The monoisotopic (exact) mass is 669 g/mol. The van der Waals surface area contributed by atoms with Crippen molar-refractivity contribution in [3.63, 3.8) is 0 Å². The van der Waals surface area contributed by atoms with E-state index in [1.54, 1.807) is 54.7 Å². The van der Waals surface area contributed by atoms with Gasteiger partial charge in [-0.15, -0.1) is 11.3 Å². The highest BCUT2D eigenvalue weighted by Crippen LogP contribution is 2.26. The maximum atomic E-state index is 14.5.